The van der Waals surface area contributed by atoms with Crippen LogP contribution in [0.1, 0.15) is 57.8 Å². The first-order valence-corrected chi connectivity index (χ1v) is 6.17. The summed E-state index contributed by atoms with van der Waals surface area (Å²) in [4.78, 5) is 0. The second-order valence-electron chi connectivity index (χ2n) is 4.62. The predicted molar refractivity (Wildman–Crippen MR) is 58.3 cm³/mol. The van der Waals surface area contributed by atoms with Crippen molar-refractivity contribution in [3.8, 4) is 0 Å². The molecular weight excluding hydrogens is 172 g/mol. The van der Waals surface area contributed by atoms with E-state index in [2.05, 4.69) is 16.6 Å². The smallest absolute Gasteiger partial charge is 0.0896 e. The summed E-state index contributed by atoms with van der Waals surface area (Å²) in [7, 11) is 0. The Kier molecular flexibility index (Phi) is 3.84. The van der Waals surface area contributed by atoms with Crippen LogP contribution in [0.5, 0.6) is 0 Å². The van der Waals surface area contributed by atoms with E-state index in [4.69, 9.17) is 0 Å². The second-order valence-corrected chi connectivity index (χ2v) is 4.62. The van der Waals surface area contributed by atoms with Crippen LogP contribution in [0.4, 0.5) is 0 Å². The number of rotatable bonds is 2. The van der Waals surface area contributed by atoms with Gasteiger partial charge in [-0.05, 0) is 12.8 Å². The largest absolute Gasteiger partial charge is 0.191 e. The Morgan fingerprint density at radius 2 is 1.29 bits per heavy atom. The molecule has 0 amide bonds. The van der Waals surface area contributed by atoms with Gasteiger partial charge in [0.1, 0.15) is 0 Å². The molecule has 0 aromatic carbocycles. The van der Waals surface area contributed by atoms with Crippen molar-refractivity contribution in [3.05, 3.63) is 6.42 Å². The summed E-state index contributed by atoms with van der Waals surface area (Å²) in [5.74, 6) is 0. The zero-order chi connectivity index (χ0) is 9.64. The molecule has 78 valence electrons. The molecule has 0 bridgehead atoms. The fourth-order valence-electron chi connectivity index (χ4n) is 2.41. The fourth-order valence-corrected chi connectivity index (χ4v) is 2.41. The Bertz CT molecular complexity index is 157. The predicted octanol–water partition coefficient (Wildman–Crippen LogP) is 3.92. The minimum atomic E-state index is 0.543. The van der Waals surface area contributed by atoms with Crippen molar-refractivity contribution in [2.24, 2.45) is 10.2 Å². The summed E-state index contributed by atoms with van der Waals surface area (Å²) >= 11 is 0. The van der Waals surface area contributed by atoms with E-state index in [1.54, 1.807) is 0 Å². The molecule has 2 heteroatoms. The summed E-state index contributed by atoms with van der Waals surface area (Å²) in [6.45, 7) is 0. The summed E-state index contributed by atoms with van der Waals surface area (Å²) < 4.78 is 0. The molecule has 0 spiro atoms. The van der Waals surface area contributed by atoms with Crippen molar-refractivity contribution in [2.45, 2.75) is 69.9 Å². The van der Waals surface area contributed by atoms with Crippen molar-refractivity contribution in [1.82, 2.24) is 0 Å². The SMILES string of the molecule is [CH+]1CCC(N=NC2CCCCC2)CC1. The summed E-state index contributed by atoms with van der Waals surface area (Å²) in [5.41, 5.74) is 0. The number of azo groups is 1. The molecule has 2 fully saturated rings. The summed E-state index contributed by atoms with van der Waals surface area (Å²) in [6, 6.07) is 1.11. The van der Waals surface area contributed by atoms with Crippen LogP contribution in [0, 0.1) is 6.42 Å². The molecule has 2 aliphatic carbocycles. The molecule has 2 saturated carbocycles. The van der Waals surface area contributed by atoms with Crippen LogP contribution < -0.4 is 0 Å². The lowest BCUT2D eigenvalue weighted by atomic mass is 9.95. The highest BCUT2D eigenvalue weighted by molar-refractivity contribution is 4.80. The van der Waals surface area contributed by atoms with E-state index in [0.717, 1.165) is 0 Å². The fraction of sp³-hybridized carbons (Fsp3) is 0.917. The van der Waals surface area contributed by atoms with E-state index in [9.17, 15) is 0 Å². The van der Waals surface area contributed by atoms with Crippen molar-refractivity contribution >= 4 is 0 Å². The van der Waals surface area contributed by atoms with Crippen LogP contribution in [-0.2, 0) is 0 Å². The lowest BCUT2D eigenvalue weighted by Crippen LogP contribution is -2.12. The minimum Gasteiger partial charge on any atom is -0.191 e. The van der Waals surface area contributed by atoms with Gasteiger partial charge in [0.2, 0.25) is 0 Å². The van der Waals surface area contributed by atoms with Gasteiger partial charge in [-0.15, -0.1) is 0 Å². The molecule has 0 aromatic heterocycles. The van der Waals surface area contributed by atoms with Gasteiger partial charge in [0.15, 0.2) is 0 Å². The van der Waals surface area contributed by atoms with Crippen molar-refractivity contribution in [1.29, 1.82) is 0 Å². The maximum Gasteiger partial charge on any atom is 0.0896 e. The molecule has 0 aliphatic heterocycles. The van der Waals surface area contributed by atoms with Crippen LogP contribution in [0.15, 0.2) is 10.2 Å². The molecule has 0 unspecified atom stereocenters. The first kappa shape index (κ1) is 10.0. The summed E-state index contributed by atoms with van der Waals surface area (Å²) in [5, 5.41) is 9.03. The number of hydrogen-bond donors (Lipinski definition) is 0. The van der Waals surface area contributed by atoms with E-state index < -0.39 is 0 Å². The van der Waals surface area contributed by atoms with Gasteiger partial charge in [-0.3, -0.25) is 0 Å². The Morgan fingerprint density at radius 3 is 1.93 bits per heavy atom. The van der Waals surface area contributed by atoms with Crippen molar-refractivity contribution < 1.29 is 0 Å². The molecule has 0 heterocycles. The van der Waals surface area contributed by atoms with Gasteiger partial charge in [-0.2, -0.15) is 10.2 Å². The van der Waals surface area contributed by atoms with Gasteiger partial charge < -0.3 is 0 Å². The third kappa shape index (κ3) is 3.00. The molecule has 2 nitrogen and oxygen atoms in total. The standard InChI is InChI=1S/C12H21N2/c1-3-7-11(8-4-1)13-14-12-9-5-2-6-10-12/h1,11-12H,2-10H2/q+1. The third-order valence-corrected chi connectivity index (χ3v) is 3.38. The lowest BCUT2D eigenvalue weighted by Gasteiger charge is -2.18. The average Bonchev–Trinajstić information content (AvgIpc) is 2.29. The molecule has 0 N–H and O–H groups in total. The quantitative estimate of drug-likeness (QED) is 0.469. The van der Waals surface area contributed by atoms with E-state index >= 15 is 0 Å². The van der Waals surface area contributed by atoms with Gasteiger partial charge in [0, 0.05) is 12.8 Å². The molecular formula is C12H21N2+. The Hall–Kier alpha value is -0.530. The zero-order valence-corrected chi connectivity index (χ0v) is 8.99. The van der Waals surface area contributed by atoms with Crippen LogP contribution in [0.2, 0.25) is 0 Å². The Labute approximate surface area is 87.2 Å². The van der Waals surface area contributed by atoms with E-state index in [1.807, 2.05) is 0 Å². The first-order valence-electron chi connectivity index (χ1n) is 6.17. The normalized spacial score (nSPS) is 26.6. The highest BCUT2D eigenvalue weighted by Gasteiger charge is 2.18. The monoisotopic (exact) mass is 193 g/mol. The van der Waals surface area contributed by atoms with Crippen LogP contribution >= 0.6 is 0 Å². The van der Waals surface area contributed by atoms with Crippen molar-refractivity contribution in [3.63, 3.8) is 0 Å². The van der Waals surface area contributed by atoms with E-state index in [1.165, 1.54) is 57.8 Å². The highest BCUT2D eigenvalue weighted by atomic mass is 15.1. The number of nitrogens with zero attached hydrogens (tertiary/aromatic N) is 2. The van der Waals surface area contributed by atoms with Gasteiger partial charge in [0.25, 0.3) is 0 Å². The van der Waals surface area contributed by atoms with Crippen molar-refractivity contribution in [2.75, 3.05) is 0 Å². The molecule has 0 saturated heterocycles. The lowest BCUT2D eigenvalue weighted by molar-refractivity contribution is 0.407. The highest BCUT2D eigenvalue weighted by Crippen LogP contribution is 2.23. The molecule has 0 radical (unpaired) electrons. The molecule has 0 atom stereocenters. The third-order valence-electron chi connectivity index (χ3n) is 3.38. The maximum atomic E-state index is 4.52. The molecule has 2 rings (SSSR count). The van der Waals surface area contributed by atoms with Crippen LogP contribution in [-0.4, -0.2) is 12.1 Å². The zero-order valence-electron chi connectivity index (χ0n) is 8.99. The van der Waals surface area contributed by atoms with Gasteiger partial charge in [-0.25, -0.2) is 0 Å². The van der Waals surface area contributed by atoms with Gasteiger partial charge in [0.05, 0.1) is 31.3 Å². The van der Waals surface area contributed by atoms with Gasteiger partial charge in [-0.1, -0.05) is 19.3 Å². The first-order chi connectivity index (χ1) is 6.95. The Balaban J connectivity index is 1.73. The maximum absolute atomic E-state index is 4.52. The van der Waals surface area contributed by atoms with Crippen LogP contribution in [0.3, 0.4) is 0 Å². The second kappa shape index (κ2) is 5.38. The van der Waals surface area contributed by atoms with Crippen LogP contribution in [0.25, 0.3) is 0 Å². The average molecular weight is 193 g/mol. The molecule has 2 aliphatic rings. The molecule has 0 aromatic rings. The van der Waals surface area contributed by atoms with E-state index in [0.29, 0.717) is 12.1 Å². The van der Waals surface area contributed by atoms with Gasteiger partial charge >= 0.3 is 0 Å². The molecule has 14 heavy (non-hydrogen) atoms. The number of hydrogen-bond acceptors (Lipinski definition) is 2. The van der Waals surface area contributed by atoms with E-state index in [-0.39, 0.29) is 0 Å². The Morgan fingerprint density at radius 1 is 0.714 bits per heavy atom. The summed E-state index contributed by atoms with van der Waals surface area (Å²) in [6.07, 6.45) is 14.0. The topological polar surface area (TPSA) is 24.7 Å². The minimum absolute atomic E-state index is 0.543.